The van der Waals surface area contributed by atoms with Crippen molar-refractivity contribution >= 4 is 35.2 Å². The Morgan fingerprint density at radius 1 is 1.16 bits per heavy atom. The zero-order valence-corrected chi connectivity index (χ0v) is 20.5. The summed E-state index contributed by atoms with van der Waals surface area (Å²) in [5, 5.41) is 30.0. The van der Waals surface area contributed by atoms with Crippen LogP contribution >= 0.6 is 11.8 Å². The maximum Gasteiger partial charge on any atom is 0.269 e. The van der Waals surface area contributed by atoms with Gasteiger partial charge in [-0.15, -0.1) is 16.9 Å². The first kappa shape index (κ1) is 24.4. The Morgan fingerprint density at radius 3 is 2.49 bits per heavy atom. The minimum Gasteiger partial charge on any atom is -0.340 e. The van der Waals surface area contributed by atoms with Crippen molar-refractivity contribution in [2.75, 3.05) is 0 Å². The number of H-pyrrole nitrogens is 1. The van der Waals surface area contributed by atoms with Crippen LogP contribution in [0.1, 0.15) is 47.7 Å². The highest BCUT2D eigenvalue weighted by Gasteiger charge is 2.63. The molecule has 5 rings (SSSR count). The lowest BCUT2D eigenvalue weighted by Gasteiger charge is -2.44. The first-order valence-corrected chi connectivity index (χ1v) is 12.2. The molecule has 0 radical (unpaired) electrons. The van der Waals surface area contributed by atoms with Crippen LogP contribution in [0.15, 0.2) is 54.6 Å². The van der Waals surface area contributed by atoms with Crippen LogP contribution < -0.4 is 10.6 Å². The first-order valence-electron chi connectivity index (χ1n) is 11.3. The number of non-ortho nitro benzene ring substituents is 1. The minimum atomic E-state index is -1.10. The third-order valence-electron chi connectivity index (χ3n) is 6.37. The second-order valence-electron chi connectivity index (χ2n) is 9.15. The van der Waals surface area contributed by atoms with Gasteiger partial charge in [-0.1, -0.05) is 30.3 Å². The molecular formula is C23H22N8O5S. The number of amides is 3. The Morgan fingerprint density at radius 2 is 1.86 bits per heavy atom. The van der Waals surface area contributed by atoms with Gasteiger partial charge in [0.05, 0.1) is 4.92 Å². The monoisotopic (exact) mass is 522 g/mol. The first-order chi connectivity index (χ1) is 17.7. The van der Waals surface area contributed by atoms with E-state index in [1.165, 1.54) is 36.0 Å². The zero-order chi connectivity index (χ0) is 26.3. The number of nitro benzene ring substituents is 1. The van der Waals surface area contributed by atoms with Crippen molar-refractivity contribution < 1.29 is 19.3 Å². The van der Waals surface area contributed by atoms with Crippen molar-refractivity contribution in [1.82, 2.24) is 36.2 Å². The van der Waals surface area contributed by atoms with Gasteiger partial charge in [-0.3, -0.25) is 24.5 Å². The lowest BCUT2D eigenvalue weighted by Crippen LogP contribution is -2.68. The van der Waals surface area contributed by atoms with E-state index in [0.717, 1.165) is 0 Å². The van der Waals surface area contributed by atoms with Gasteiger partial charge in [0.25, 0.3) is 11.6 Å². The fourth-order valence-electron chi connectivity index (χ4n) is 4.60. The van der Waals surface area contributed by atoms with Crippen LogP contribution in [-0.2, 0) is 9.59 Å². The van der Waals surface area contributed by atoms with E-state index >= 15 is 0 Å². The minimum absolute atomic E-state index is 0.154. The summed E-state index contributed by atoms with van der Waals surface area (Å²) < 4.78 is -0.413. The Bertz CT molecular complexity index is 1350. The molecule has 0 bridgehead atoms. The van der Waals surface area contributed by atoms with Crippen LogP contribution in [0, 0.1) is 10.1 Å². The number of hydrogen-bond acceptors (Lipinski definition) is 9. The van der Waals surface area contributed by atoms with Gasteiger partial charge in [0.15, 0.2) is 5.82 Å². The van der Waals surface area contributed by atoms with E-state index in [0.29, 0.717) is 11.4 Å². The number of tetrazole rings is 1. The van der Waals surface area contributed by atoms with Crippen LogP contribution in [0.25, 0.3) is 0 Å². The van der Waals surface area contributed by atoms with Gasteiger partial charge >= 0.3 is 0 Å². The van der Waals surface area contributed by atoms with E-state index < -0.39 is 33.6 Å². The second kappa shape index (κ2) is 9.28. The summed E-state index contributed by atoms with van der Waals surface area (Å²) in [4.78, 5) is 51.5. The number of aromatic amines is 1. The number of fused-ring (bicyclic) bond motifs is 1. The molecule has 3 heterocycles. The van der Waals surface area contributed by atoms with Crippen molar-refractivity contribution in [1.29, 1.82) is 0 Å². The molecule has 2 aliphatic rings. The number of nitrogens with zero attached hydrogens (tertiary/aromatic N) is 5. The highest BCUT2D eigenvalue weighted by molar-refractivity contribution is 8.01. The van der Waals surface area contributed by atoms with Gasteiger partial charge in [-0.2, -0.15) is 0 Å². The van der Waals surface area contributed by atoms with Crippen LogP contribution in [0.3, 0.4) is 0 Å². The van der Waals surface area contributed by atoms with E-state index in [-0.39, 0.29) is 28.6 Å². The summed E-state index contributed by atoms with van der Waals surface area (Å²) in [5.41, 5.74) is 0.518. The Kier molecular flexibility index (Phi) is 6.11. The van der Waals surface area contributed by atoms with Gasteiger partial charge in [-0.05, 0) is 42.0 Å². The van der Waals surface area contributed by atoms with Crippen LogP contribution in [0.4, 0.5) is 5.69 Å². The fraction of sp³-hybridized carbons (Fsp3) is 0.304. The van der Waals surface area contributed by atoms with Crippen LogP contribution in [0.2, 0.25) is 0 Å². The number of nitro groups is 1. The molecule has 4 atom stereocenters. The molecule has 3 aromatic rings. The molecule has 3 unspecified atom stereocenters. The number of carbonyl (C=O) groups excluding carboxylic acids is 3. The van der Waals surface area contributed by atoms with E-state index in [2.05, 4.69) is 31.3 Å². The maximum atomic E-state index is 13.4. The number of hydrogen-bond donors (Lipinski definition) is 3. The third kappa shape index (κ3) is 4.39. The number of rotatable bonds is 7. The largest absolute Gasteiger partial charge is 0.340 e. The number of aromatic nitrogens is 4. The summed E-state index contributed by atoms with van der Waals surface area (Å²) in [6.07, 6.45) is 0. The van der Waals surface area contributed by atoms with Crippen LogP contribution in [-0.4, -0.2) is 64.3 Å². The van der Waals surface area contributed by atoms with Gasteiger partial charge in [0.1, 0.15) is 23.5 Å². The molecule has 190 valence electrons. The molecule has 3 amide bonds. The van der Waals surface area contributed by atoms with Gasteiger partial charge < -0.3 is 15.5 Å². The molecule has 3 N–H and O–H groups in total. The Balaban J connectivity index is 1.34. The number of carbonyl (C=O) groups is 3. The Labute approximate surface area is 214 Å². The molecule has 0 spiro atoms. The lowest BCUT2D eigenvalue weighted by atomic mass is 9.95. The molecule has 0 saturated carbocycles. The molecule has 1 aromatic heterocycles. The van der Waals surface area contributed by atoms with E-state index in [1.807, 2.05) is 13.8 Å². The van der Waals surface area contributed by atoms with E-state index in [1.54, 1.807) is 35.2 Å². The smallest absolute Gasteiger partial charge is 0.269 e. The summed E-state index contributed by atoms with van der Waals surface area (Å²) in [6.45, 7) is 3.96. The summed E-state index contributed by atoms with van der Waals surface area (Å²) >= 11 is 1.53. The molecule has 2 aromatic carbocycles. The molecule has 2 fully saturated rings. The zero-order valence-electron chi connectivity index (χ0n) is 19.7. The van der Waals surface area contributed by atoms with Gasteiger partial charge in [0.2, 0.25) is 11.8 Å². The highest BCUT2D eigenvalue weighted by Crippen LogP contribution is 2.56. The summed E-state index contributed by atoms with van der Waals surface area (Å²) in [5.74, 6) is -0.945. The molecule has 37 heavy (non-hydrogen) atoms. The predicted octanol–water partition coefficient (Wildman–Crippen LogP) is 1.50. The van der Waals surface area contributed by atoms with Crippen LogP contribution in [0.5, 0.6) is 0 Å². The predicted molar refractivity (Wildman–Crippen MR) is 131 cm³/mol. The van der Waals surface area contributed by atoms with Gasteiger partial charge in [-0.25, -0.2) is 5.10 Å². The van der Waals surface area contributed by atoms with Gasteiger partial charge in [0, 0.05) is 22.4 Å². The van der Waals surface area contributed by atoms with Crippen molar-refractivity contribution in [2.24, 2.45) is 0 Å². The number of benzene rings is 2. The molecule has 14 heteroatoms. The number of nitrogens with one attached hydrogen (secondary N) is 3. The second-order valence-corrected chi connectivity index (χ2v) is 10.9. The Hall–Kier alpha value is -4.33. The van der Waals surface area contributed by atoms with E-state index in [9.17, 15) is 24.5 Å². The number of thioether (sulfide) groups is 1. The molecule has 2 aliphatic heterocycles. The maximum absolute atomic E-state index is 13.4. The van der Waals surface area contributed by atoms with Crippen molar-refractivity contribution in [3.8, 4) is 0 Å². The lowest BCUT2D eigenvalue weighted by molar-refractivity contribution is -0.384. The topological polar surface area (TPSA) is 176 Å². The summed E-state index contributed by atoms with van der Waals surface area (Å²) in [7, 11) is 0. The SMILES string of the molecule is CC1(C)S[C@@H]2C(NC(=O)C(NC(=O)c3ccc([N+](=O)[O-])cc3)c3ccccc3)C(=O)N2C1c1nnn[nH]1. The highest BCUT2D eigenvalue weighted by atomic mass is 32.2. The molecule has 13 nitrogen and oxygen atoms in total. The molecule has 2 saturated heterocycles. The molecular weight excluding hydrogens is 500 g/mol. The average molecular weight is 523 g/mol. The van der Waals surface area contributed by atoms with Crippen molar-refractivity contribution in [3.05, 3.63) is 81.7 Å². The summed E-state index contributed by atoms with van der Waals surface area (Å²) in [6, 6.07) is 11.4. The van der Waals surface area contributed by atoms with E-state index in [4.69, 9.17) is 0 Å². The average Bonchev–Trinajstić information content (AvgIpc) is 3.50. The fourth-order valence-corrected chi connectivity index (χ4v) is 6.24. The van der Waals surface area contributed by atoms with Crippen molar-refractivity contribution in [3.63, 3.8) is 0 Å². The third-order valence-corrected chi connectivity index (χ3v) is 7.94. The standard InChI is InChI=1S/C23H22N8O5S/c1-23(2)17(18-26-28-29-27-18)30-21(34)16(22(30)37-23)25-20(33)15(12-6-4-3-5-7-12)24-19(32)13-8-10-14(11-9-13)31(35)36/h3-11,15-17,22H,1-2H3,(H,24,32)(H,25,33)(H,26,27,28,29)/t15?,16?,17?,22-/m1/s1. The molecule has 0 aliphatic carbocycles. The normalized spacial score (nSPS) is 22.5. The quantitative estimate of drug-likeness (QED) is 0.236. The number of β-lactam (4-membered cyclic amide) rings is 1. The van der Waals surface area contributed by atoms with Crippen molar-refractivity contribution in [2.45, 2.75) is 42.1 Å².